The molecule has 1 aromatic rings. The molecule has 0 bridgehead atoms. The first-order chi connectivity index (χ1) is 8.06. The van der Waals surface area contributed by atoms with Gasteiger partial charge in [0.05, 0.1) is 11.3 Å². The molecule has 17 heavy (non-hydrogen) atoms. The van der Waals surface area contributed by atoms with E-state index >= 15 is 0 Å². The lowest BCUT2D eigenvalue weighted by atomic mass is 10.1. The lowest BCUT2D eigenvalue weighted by Gasteiger charge is -2.16. The fourth-order valence-corrected chi connectivity index (χ4v) is 2.55. The van der Waals surface area contributed by atoms with Crippen molar-refractivity contribution >= 4 is 44.9 Å². The van der Waals surface area contributed by atoms with Crippen LogP contribution in [0.4, 0.5) is 10.1 Å². The van der Waals surface area contributed by atoms with Gasteiger partial charge < -0.3 is 4.90 Å². The molecule has 90 valence electrons. The van der Waals surface area contributed by atoms with Crippen LogP contribution in [0.15, 0.2) is 16.6 Å². The Morgan fingerprint density at radius 3 is 2.71 bits per heavy atom. The van der Waals surface area contributed by atoms with Gasteiger partial charge in [-0.25, -0.2) is 4.39 Å². The Morgan fingerprint density at radius 1 is 1.35 bits per heavy atom. The molecule has 0 aliphatic carbocycles. The maximum absolute atomic E-state index is 13.2. The molecule has 1 heterocycles. The number of carbonyl (C=O) groups excluding carboxylic acids is 2. The van der Waals surface area contributed by atoms with E-state index in [9.17, 15) is 14.0 Å². The first-order valence-electron chi connectivity index (χ1n) is 4.97. The van der Waals surface area contributed by atoms with E-state index in [1.54, 1.807) is 0 Å². The van der Waals surface area contributed by atoms with E-state index in [2.05, 4.69) is 15.9 Å². The number of Topliss-reactive ketones (excluding diaryl/α,β-unsaturated/α-hetero) is 1. The minimum Gasteiger partial charge on any atom is -0.304 e. The van der Waals surface area contributed by atoms with E-state index in [0.717, 1.165) is 6.07 Å². The molecule has 2 rings (SSSR count). The van der Waals surface area contributed by atoms with Gasteiger partial charge in [-0.15, -0.1) is 11.6 Å². The molecule has 1 aliphatic heterocycles. The normalized spacial score (nSPS) is 14.4. The lowest BCUT2D eigenvalue weighted by Crippen LogP contribution is -2.31. The molecular weight excluding hydrogens is 312 g/mol. The highest BCUT2D eigenvalue weighted by Crippen LogP contribution is 2.36. The number of rotatable bonds is 3. The molecule has 0 radical (unpaired) electrons. The molecule has 0 unspecified atom stereocenters. The van der Waals surface area contributed by atoms with Crippen LogP contribution in [0.3, 0.4) is 0 Å². The summed E-state index contributed by atoms with van der Waals surface area (Å²) in [6.07, 6.45) is 0.573. The molecule has 0 N–H and O–H groups in total. The van der Waals surface area contributed by atoms with Gasteiger partial charge in [0.15, 0.2) is 0 Å². The highest BCUT2D eigenvalue weighted by Gasteiger charge is 2.37. The smallest absolute Gasteiger partial charge is 0.299 e. The van der Waals surface area contributed by atoms with Gasteiger partial charge >= 0.3 is 0 Å². The third-order valence-electron chi connectivity index (χ3n) is 2.50. The van der Waals surface area contributed by atoms with Crippen LogP contribution in [0.5, 0.6) is 0 Å². The highest BCUT2D eigenvalue weighted by atomic mass is 79.9. The van der Waals surface area contributed by atoms with Gasteiger partial charge in [-0.1, -0.05) is 0 Å². The van der Waals surface area contributed by atoms with E-state index in [0.29, 0.717) is 29.0 Å². The second kappa shape index (κ2) is 4.74. The monoisotopic (exact) mass is 319 g/mol. The van der Waals surface area contributed by atoms with Crippen molar-refractivity contribution in [3.05, 3.63) is 28.0 Å². The Morgan fingerprint density at radius 2 is 2.06 bits per heavy atom. The second-order valence-electron chi connectivity index (χ2n) is 3.61. The topological polar surface area (TPSA) is 37.4 Å². The van der Waals surface area contributed by atoms with Crippen molar-refractivity contribution in [3.63, 3.8) is 0 Å². The number of amides is 1. The maximum atomic E-state index is 13.2. The van der Waals surface area contributed by atoms with E-state index in [4.69, 9.17) is 11.6 Å². The van der Waals surface area contributed by atoms with Crippen molar-refractivity contribution in [2.45, 2.75) is 6.42 Å². The van der Waals surface area contributed by atoms with E-state index in [1.165, 1.54) is 11.0 Å². The summed E-state index contributed by atoms with van der Waals surface area (Å²) < 4.78 is 13.6. The van der Waals surface area contributed by atoms with Crippen LogP contribution in [-0.4, -0.2) is 24.1 Å². The second-order valence-corrected chi connectivity index (χ2v) is 4.84. The van der Waals surface area contributed by atoms with Gasteiger partial charge in [0.25, 0.3) is 11.7 Å². The quantitative estimate of drug-likeness (QED) is 0.634. The summed E-state index contributed by atoms with van der Waals surface area (Å²) in [6, 6.07) is 2.32. The number of ketones is 1. The third kappa shape index (κ3) is 2.09. The third-order valence-corrected chi connectivity index (χ3v) is 3.37. The molecule has 0 fully saturated rings. The van der Waals surface area contributed by atoms with E-state index < -0.39 is 17.5 Å². The predicted molar refractivity (Wildman–Crippen MR) is 66.1 cm³/mol. The number of halogens is 3. The van der Waals surface area contributed by atoms with Gasteiger partial charge in [-0.2, -0.15) is 0 Å². The summed E-state index contributed by atoms with van der Waals surface area (Å²) in [6.45, 7) is 0.352. The lowest BCUT2D eigenvalue weighted by molar-refractivity contribution is -0.114. The number of fused-ring (bicyclic) bond motifs is 1. The zero-order valence-electron chi connectivity index (χ0n) is 8.67. The average Bonchev–Trinajstić information content (AvgIpc) is 2.51. The zero-order chi connectivity index (χ0) is 12.6. The summed E-state index contributed by atoms with van der Waals surface area (Å²) in [5.41, 5.74) is 0.544. The van der Waals surface area contributed by atoms with E-state index in [-0.39, 0.29) is 5.56 Å². The number of nitrogens with zero attached hydrogens (tertiary/aromatic N) is 1. The van der Waals surface area contributed by atoms with Gasteiger partial charge in [-0.3, -0.25) is 9.59 Å². The van der Waals surface area contributed by atoms with Gasteiger partial charge in [0, 0.05) is 16.9 Å². The summed E-state index contributed by atoms with van der Waals surface area (Å²) in [5.74, 6) is -1.45. The van der Waals surface area contributed by atoms with Gasteiger partial charge in [0.1, 0.15) is 5.82 Å². The van der Waals surface area contributed by atoms with Crippen molar-refractivity contribution in [1.82, 2.24) is 0 Å². The Bertz CT molecular complexity index is 506. The summed E-state index contributed by atoms with van der Waals surface area (Å²) >= 11 is 8.73. The number of anilines is 1. The minimum absolute atomic E-state index is 0.108. The Labute approximate surface area is 111 Å². The Hall–Kier alpha value is -0.940. The number of hydrogen-bond acceptors (Lipinski definition) is 2. The number of alkyl halides is 1. The van der Waals surface area contributed by atoms with Crippen LogP contribution < -0.4 is 4.90 Å². The Kier molecular flexibility index (Phi) is 3.49. The molecular formula is C11H8BrClFNO2. The van der Waals surface area contributed by atoms with Crippen LogP contribution in [0.1, 0.15) is 16.8 Å². The standard InChI is InChI=1S/C11H8BrClFNO2/c12-8-5-6(14)4-7-9(8)15(3-1-2-13)11(17)10(7)16/h4-5H,1-3H2. The van der Waals surface area contributed by atoms with Crippen LogP contribution in [0, 0.1) is 5.82 Å². The van der Waals surface area contributed by atoms with Crippen LogP contribution >= 0.6 is 27.5 Å². The molecule has 6 heteroatoms. The molecule has 0 atom stereocenters. The molecule has 0 saturated heterocycles. The molecule has 0 spiro atoms. The fourth-order valence-electron chi connectivity index (χ4n) is 1.78. The summed E-state index contributed by atoms with van der Waals surface area (Å²) in [4.78, 5) is 24.7. The summed E-state index contributed by atoms with van der Waals surface area (Å²) in [7, 11) is 0. The highest BCUT2D eigenvalue weighted by molar-refractivity contribution is 9.10. The molecule has 0 aromatic heterocycles. The first kappa shape index (κ1) is 12.5. The molecule has 0 saturated carbocycles. The van der Waals surface area contributed by atoms with Crippen molar-refractivity contribution in [1.29, 1.82) is 0 Å². The summed E-state index contributed by atoms with van der Waals surface area (Å²) in [5, 5.41) is 0. The van der Waals surface area contributed by atoms with Gasteiger partial charge in [-0.05, 0) is 34.5 Å². The van der Waals surface area contributed by atoms with Gasteiger partial charge in [0.2, 0.25) is 0 Å². The molecule has 3 nitrogen and oxygen atoms in total. The maximum Gasteiger partial charge on any atom is 0.299 e. The Balaban J connectivity index is 2.48. The van der Waals surface area contributed by atoms with E-state index in [1.807, 2.05) is 0 Å². The largest absolute Gasteiger partial charge is 0.304 e. The SMILES string of the molecule is O=C1C(=O)N(CCCCl)c2c(Br)cc(F)cc21. The molecule has 1 aromatic carbocycles. The van der Waals surface area contributed by atoms with Crippen molar-refractivity contribution in [3.8, 4) is 0 Å². The van der Waals surface area contributed by atoms with Crippen molar-refractivity contribution in [2.75, 3.05) is 17.3 Å². The van der Waals surface area contributed by atoms with Crippen LogP contribution in [-0.2, 0) is 4.79 Å². The average molecular weight is 321 g/mol. The predicted octanol–water partition coefficient (Wildman–Crippen LogP) is 2.75. The minimum atomic E-state index is -0.672. The number of carbonyl (C=O) groups is 2. The van der Waals surface area contributed by atoms with Crippen LogP contribution in [0.25, 0.3) is 0 Å². The number of benzene rings is 1. The fraction of sp³-hybridized carbons (Fsp3) is 0.273. The van der Waals surface area contributed by atoms with Crippen LogP contribution in [0.2, 0.25) is 0 Å². The van der Waals surface area contributed by atoms with Crippen molar-refractivity contribution < 1.29 is 14.0 Å². The molecule has 1 aliphatic rings. The van der Waals surface area contributed by atoms with Crippen molar-refractivity contribution in [2.24, 2.45) is 0 Å². The number of hydrogen-bond donors (Lipinski definition) is 0. The molecule has 1 amide bonds. The first-order valence-corrected chi connectivity index (χ1v) is 6.30. The zero-order valence-corrected chi connectivity index (χ0v) is 11.0.